The molecule has 8 heteroatoms. The molecule has 0 spiro atoms. The fraction of sp³-hybridized carbons (Fsp3) is 0.250. The van der Waals surface area contributed by atoms with Crippen LogP contribution in [0.15, 0.2) is 41.4 Å². The van der Waals surface area contributed by atoms with Crippen LogP contribution in [-0.2, 0) is 4.74 Å². The third-order valence-corrected chi connectivity index (χ3v) is 5.16. The zero-order valence-electron chi connectivity index (χ0n) is 18.3. The van der Waals surface area contributed by atoms with Crippen LogP contribution in [0.2, 0.25) is 0 Å². The summed E-state index contributed by atoms with van der Waals surface area (Å²) in [5, 5.41) is 14.5. The van der Waals surface area contributed by atoms with E-state index in [9.17, 15) is 4.79 Å². The van der Waals surface area contributed by atoms with Gasteiger partial charge in [0.05, 0.1) is 23.2 Å². The summed E-state index contributed by atoms with van der Waals surface area (Å²) >= 11 is 0. The first-order chi connectivity index (χ1) is 15.5. The highest BCUT2D eigenvalue weighted by atomic mass is 16.6. The number of hydrogen-bond donors (Lipinski definition) is 4. The number of aryl methyl sites for hydroxylation is 2. The van der Waals surface area contributed by atoms with Crippen LogP contribution in [0.3, 0.4) is 0 Å². The maximum absolute atomic E-state index is 12.3. The number of nitrogens with one attached hydrogen (secondary N) is 3. The summed E-state index contributed by atoms with van der Waals surface area (Å²) in [6.07, 6.45) is 1.84. The number of alkyl carbamates (subject to hydrolysis) is 1. The van der Waals surface area contributed by atoms with Crippen molar-refractivity contribution in [2.24, 2.45) is 4.99 Å². The van der Waals surface area contributed by atoms with Crippen molar-refractivity contribution in [3.8, 4) is 5.75 Å². The van der Waals surface area contributed by atoms with Gasteiger partial charge in [0.15, 0.2) is 5.76 Å². The Hall–Kier alpha value is -3.78. The molecule has 1 amide bonds. The SMILES string of the molecule is COc1cc(=C2N=c3ccccc3=C2OC(=O)NCCCO)[nH]c1=Cc1[nH]c(C)cc1C. The number of rotatable bonds is 6. The van der Waals surface area contributed by atoms with Crippen LogP contribution in [-0.4, -0.2) is 41.4 Å². The Morgan fingerprint density at radius 2 is 2.03 bits per heavy atom. The summed E-state index contributed by atoms with van der Waals surface area (Å²) in [5.41, 5.74) is 3.70. The number of methoxy groups -OCH3 is 1. The molecule has 3 aromatic rings. The molecule has 1 aliphatic heterocycles. The van der Waals surface area contributed by atoms with Crippen molar-refractivity contribution in [1.82, 2.24) is 15.3 Å². The van der Waals surface area contributed by atoms with E-state index in [-0.39, 0.29) is 6.61 Å². The van der Waals surface area contributed by atoms with E-state index < -0.39 is 6.09 Å². The van der Waals surface area contributed by atoms with Crippen LogP contribution < -0.4 is 31.3 Å². The average Bonchev–Trinajstić information content (AvgIpc) is 3.44. The highest BCUT2D eigenvalue weighted by molar-refractivity contribution is 5.90. The minimum Gasteiger partial charge on any atom is -0.494 e. The highest BCUT2D eigenvalue weighted by Crippen LogP contribution is 2.16. The number of aliphatic hydroxyl groups is 1. The number of aromatic amines is 2. The normalized spacial score (nSPS) is 14.9. The van der Waals surface area contributed by atoms with E-state index >= 15 is 0 Å². The number of para-hydroxylation sites is 1. The molecule has 0 fully saturated rings. The highest BCUT2D eigenvalue weighted by Gasteiger charge is 2.20. The maximum Gasteiger partial charge on any atom is 0.412 e. The number of fused-ring (bicyclic) bond motifs is 1. The van der Waals surface area contributed by atoms with Gasteiger partial charge in [-0.15, -0.1) is 0 Å². The number of ether oxygens (including phenoxy) is 2. The van der Waals surface area contributed by atoms with Crippen LogP contribution in [0, 0.1) is 13.8 Å². The van der Waals surface area contributed by atoms with E-state index in [2.05, 4.69) is 21.4 Å². The van der Waals surface area contributed by atoms with Crippen LogP contribution in [0.1, 0.15) is 23.4 Å². The lowest BCUT2D eigenvalue weighted by Gasteiger charge is -2.07. The van der Waals surface area contributed by atoms with Crippen molar-refractivity contribution in [3.63, 3.8) is 0 Å². The van der Waals surface area contributed by atoms with Crippen molar-refractivity contribution in [3.05, 3.63) is 74.6 Å². The molecule has 8 nitrogen and oxygen atoms in total. The molecular formula is C24H26N4O4. The van der Waals surface area contributed by atoms with Crippen molar-refractivity contribution >= 4 is 23.6 Å². The quantitative estimate of drug-likeness (QED) is 0.422. The molecule has 1 aliphatic rings. The minimum atomic E-state index is -0.597. The van der Waals surface area contributed by atoms with Gasteiger partial charge in [0.1, 0.15) is 11.4 Å². The van der Waals surface area contributed by atoms with E-state index in [4.69, 9.17) is 19.6 Å². The zero-order valence-corrected chi connectivity index (χ0v) is 18.3. The first-order valence-corrected chi connectivity index (χ1v) is 10.4. The van der Waals surface area contributed by atoms with Gasteiger partial charge >= 0.3 is 6.09 Å². The van der Waals surface area contributed by atoms with Gasteiger partial charge in [-0.1, -0.05) is 12.1 Å². The van der Waals surface area contributed by atoms with Gasteiger partial charge in [0, 0.05) is 35.8 Å². The van der Waals surface area contributed by atoms with Crippen molar-refractivity contribution < 1.29 is 19.4 Å². The summed E-state index contributed by atoms with van der Waals surface area (Å²) in [5.74, 6) is 1.02. The third kappa shape index (κ3) is 4.31. The van der Waals surface area contributed by atoms with Crippen LogP contribution in [0.4, 0.5) is 4.79 Å². The van der Waals surface area contributed by atoms with E-state index in [1.165, 1.54) is 0 Å². The fourth-order valence-electron chi connectivity index (χ4n) is 3.65. The van der Waals surface area contributed by atoms with Crippen molar-refractivity contribution in [2.75, 3.05) is 20.3 Å². The zero-order chi connectivity index (χ0) is 22.7. The number of benzene rings is 1. The molecule has 0 saturated carbocycles. The molecule has 1 aromatic carbocycles. The second-order valence-corrected chi connectivity index (χ2v) is 7.56. The molecule has 0 atom stereocenters. The molecule has 2 aromatic heterocycles. The van der Waals surface area contributed by atoms with Crippen molar-refractivity contribution in [1.29, 1.82) is 0 Å². The largest absolute Gasteiger partial charge is 0.494 e. The fourth-order valence-corrected chi connectivity index (χ4v) is 3.65. The lowest BCUT2D eigenvalue weighted by atomic mass is 10.2. The van der Waals surface area contributed by atoms with Crippen molar-refractivity contribution in [2.45, 2.75) is 20.3 Å². The van der Waals surface area contributed by atoms with Gasteiger partial charge in [-0.3, -0.25) is 0 Å². The Morgan fingerprint density at radius 1 is 1.22 bits per heavy atom. The predicted molar refractivity (Wildman–Crippen MR) is 121 cm³/mol. The standard InChI is InChI=1S/C24H26N4O4/c1-14-11-15(2)26-18(14)12-19-21(31-3)13-20(27-19)22-23(32-24(30)25-9-6-10-29)16-7-4-5-8-17(16)28-22/h4-5,7-8,11-13,26-27,29H,6,9-10H2,1-3H3,(H,25,30). The number of aliphatic hydroxyl groups excluding tert-OH is 1. The van der Waals surface area contributed by atoms with Crippen LogP contribution in [0.25, 0.3) is 17.5 Å². The minimum absolute atomic E-state index is 0.00620. The second kappa shape index (κ2) is 9.15. The monoisotopic (exact) mass is 434 g/mol. The van der Waals surface area contributed by atoms with Gasteiger partial charge in [-0.25, -0.2) is 9.79 Å². The molecule has 0 radical (unpaired) electrons. The lowest BCUT2D eigenvalue weighted by molar-refractivity contribution is 0.190. The smallest absolute Gasteiger partial charge is 0.412 e. The van der Waals surface area contributed by atoms with E-state index in [0.29, 0.717) is 35.5 Å². The van der Waals surface area contributed by atoms with E-state index in [1.807, 2.05) is 50.3 Å². The Bertz CT molecular complexity index is 1400. The number of carbonyl (C=O) groups is 1. The maximum atomic E-state index is 12.3. The summed E-state index contributed by atoms with van der Waals surface area (Å²) < 4.78 is 11.2. The number of H-pyrrole nitrogens is 2. The molecule has 32 heavy (non-hydrogen) atoms. The van der Waals surface area contributed by atoms with Gasteiger partial charge < -0.3 is 29.9 Å². The molecule has 166 valence electrons. The van der Waals surface area contributed by atoms with Crippen LogP contribution >= 0.6 is 0 Å². The molecule has 0 bridgehead atoms. The molecule has 0 unspecified atom stereocenters. The first kappa shape index (κ1) is 21.5. The molecule has 4 N–H and O–H groups in total. The second-order valence-electron chi connectivity index (χ2n) is 7.56. The van der Waals surface area contributed by atoms with Gasteiger partial charge in [-0.2, -0.15) is 0 Å². The molecular weight excluding hydrogens is 408 g/mol. The molecule has 0 aliphatic carbocycles. The molecule has 4 rings (SSSR count). The Balaban J connectivity index is 1.83. The number of carbonyl (C=O) groups excluding carboxylic acids is 1. The Morgan fingerprint density at radius 3 is 2.75 bits per heavy atom. The number of hydrogen-bond acceptors (Lipinski definition) is 5. The lowest BCUT2D eigenvalue weighted by Crippen LogP contribution is -2.29. The van der Waals surface area contributed by atoms with E-state index in [1.54, 1.807) is 7.11 Å². The Kier molecular flexibility index (Phi) is 6.13. The molecule has 0 saturated heterocycles. The summed E-state index contributed by atoms with van der Waals surface area (Å²) in [7, 11) is 1.61. The summed E-state index contributed by atoms with van der Waals surface area (Å²) in [6, 6.07) is 11.4. The topological polar surface area (TPSA) is 112 Å². The predicted octanol–water partition coefficient (Wildman–Crippen LogP) is 0.455. The first-order valence-electron chi connectivity index (χ1n) is 10.4. The summed E-state index contributed by atoms with van der Waals surface area (Å²) in [6.45, 7) is 4.36. The van der Waals surface area contributed by atoms with Gasteiger partial charge in [0.2, 0.25) is 0 Å². The van der Waals surface area contributed by atoms with E-state index in [0.717, 1.165) is 32.9 Å². The number of amides is 1. The van der Waals surface area contributed by atoms with Gasteiger partial charge in [0.25, 0.3) is 0 Å². The third-order valence-electron chi connectivity index (χ3n) is 5.16. The van der Waals surface area contributed by atoms with Crippen LogP contribution in [0.5, 0.6) is 5.75 Å². The van der Waals surface area contributed by atoms with Gasteiger partial charge in [-0.05, 0) is 50.1 Å². The molecule has 3 heterocycles. The Labute approximate surface area is 184 Å². The average molecular weight is 434 g/mol. The number of nitrogens with zero attached hydrogens (tertiary/aromatic N) is 1. The number of aromatic nitrogens is 2. The summed E-state index contributed by atoms with van der Waals surface area (Å²) in [4.78, 5) is 23.7.